The van der Waals surface area contributed by atoms with Crippen molar-refractivity contribution in [3.63, 3.8) is 0 Å². The number of nitriles is 1. The smallest absolute Gasteiger partial charge is 0.132 e. The maximum atomic E-state index is 8.70. The summed E-state index contributed by atoms with van der Waals surface area (Å²) in [6.45, 7) is 2.13. The monoisotopic (exact) mass is 227 g/mol. The molecule has 0 unspecified atom stereocenters. The fourth-order valence-corrected chi connectivity index (χ4v) is 0.852. The number of hydrogen-bond acceptors (Lipinski definition) is 3. The van der Waals surface area contributed by atoms with Crippen molar-refractivity contribution >= 4 is 11.6 Å². The van der Waals surface area contributed by atoms with Crippen molar-refractivity contribution in [1.29, 1.82) is 5.26 Å². The van der Waals surface area contributed by atoms with Crippen molar-refractivity contribution in [1.82, 2.24) is 0 Å². The molecule has 0 rings (SSSR count). The van der Waals surface area contributed by atoms with Crippen LogP contribution in [0.5, 0.6) is 0 Å². The Morgan fingerprint density at radius 3 is 2.80 bits per heavy atom. The van der Waals surface area contributed by atoms with Crippen LogP contribution < -0.4 is 0 Å². The Morgan fingerprint density at radius 2 is 2.27 bits per heavy atom. The molecule has 0 aromatic rings. The molecule has 4 heteroatoms. The van der Waals surface area contributed by atoms with Crippen molar-refractivity contribution in [2.75, 3.05) is 13.2 Å². The molecule has 0 spiro atoms. The van der Waals surface area contributed by atoms with Gasteiger partial charge in [0.15, 0.2) is 0 Å². The van der Waals surface area contributed by atoms with E-state index in [4.69, 9.17) is 26.7 Å². The lowest BCUT2D eigenvalue weighted by Gasteiger charge is -2.06. The van der Waals surface area contributed by atoms with Gasteiger partial charge in [-0.15, -0.1) is 0 Å². The molecule has 0 fully saturated rings. The fraction of sp³-hybridized carbons (Fsp3) is 0.364. The predicted octanol–water partition coefficient (Wildman–Crippen LogP) is 2.49. The van der Waals surface area contributed by atoms with Crippen LogP contribution in [0.25, 0.3) is 0 Å². The number of aliphatic hydroxyl groups excluding tert-OH is 1. The summed E-state index contributed by atoms with van der Waals surface area (Å²) in [7, 11) is 0. The van der Waals surface area contributed by atoms with Crippen molar-refractivity contribution in [3.8, 4) is 6.07 Å². The van der Waals surface area contributed by atoms with Crippen molar-refractivity contribution in [3.05, 3.63) is 35.1 Å². The molecule has 0 bridgehead atoms. The van der Waals surface area contributed by atoms with Crippen LogP contribution in [0.4, 0.5) is 0 Å². The lowest BCUT2D eigenvalue weighted by molar-refractivity contribution is 0.183. The highest BCUT2D eigenvalue weighted by Gasteiger charge is 1.98. The first-order valence-corrected chi connectivity index (χ1v) is 4.98. The molecule has 1 N–H and O–H groups in total. The number of nitrogens with zero attached hydrogens (tertiary/aromatic N) is 1. The van der Waals surface area contributed by atoms with E-state index in [1.165, 1.54) is 5.54 Å². The third kappa shape index (κ3) is 6.78. The molecule has 0 aromatic heterocycles. The van der Waals surface area contributed by atoms with Gasteiger partial charge in [0.05, 0.1) is 18.2 Å². The largest absolute Gasteiger partial charge is 0.492 e. The molecule has 0 aliphatic carbocycles. The third-order valence-electron chi connectivity index (χ3n) is 1.53. The lowest BCUT2D eigenvalue weighted by atomic mass is 10.2. The van der Waals surface area contributed by atoms with Gasteiger partial charge < -0.3 is 9.84 Å². The highest BCUT2D eigenvalue weighted by Crippen LogP contribution is 2.07. The summed E-state index contributed by atoms with van der Waals surface area (Å²) in [5, 5.41) is 17.3. The van der Waals surface area contributed by atoms with E-state index >= 15 is 0 Å². The Kier molecular flexibility index (Phi) is 8.55. The topological polar surface area (TPSA) is 53.2 Å². The summed E-state index contributed by atoms with van der Waals surface area (Å²) >= 11 is 5.34. The van der Waals surface area contributed by atoms with Crippen LogP contribution in [0.3, 0.4) is 0 Å². The highest BCUT2D eigenvalue weighted by molar-refractivity contribution is 6.25. The molecule has 0 saturated heterocycles. The molecule has 82 valence electrons. The molecule has 0 aliphatic heterocycles. The Hall–Kier alpha value is -1.24. The first-order chi connectivity index (χ1) is 7.26. The Labute approximate surface area is 94.9 Å². The third-order valence-corrected chi connectivity index (χ3v) is 1.67. The highest BCUT2D eigenvalue weighted by atomic mass is 35.5. The van der Waals surface area contributed by atoms with Gasteiger partial charge in [-0.25, -0.2) is 0 Å². The molecule has 15 heavy (non-hydrogen) atoms. The van der Waals surface area contributed by atoms with E-state index in [1.54, 1.807) is 25.2 Å². The molecular weight excluding hydrogens is 214 g/mol. The van der Waals surface area contributed by atoms with Crippen LogP contribution >= 0.6 is 11.6 Å². The first-order valence-electron chi connectivity index (χ1n) is 4.54. The van der Waals surface area contributed by atoms with Gasteiger partial charge in [-0.05, 0) is 13.0 Å². The summed E-state index contributed by atoms with van der Waals surface area (Å²) in [5.41, 5.74) is 1.86. The van der Waals surface area contributed by atoms with Crippen LogP contribution in [0, 0.1) is 11.3 Å². The molecule has 0 saturated carbocycles. The van der Waals surface area contributed by atoms with Gasteiger partial charge in [0, 0.05) is 18.6 Å². The molecule has 0 aliphatic rings. The number of ether oxygens (including phenoxy) is 1. The first kappa shape index (κ1) is 13.8. The number of allylic oxidation sites excluding steroid dienone is 4. The van der Waals surface area contributed by atoms with Gasteiger partial charge in [0.25, 0.3) is 0 Å². The minimum absolute atomic E-state index is 0.0736. The number of halogens is 1. The molecule has 0 heterocycles. The zero-order valence-corrected chi connectivity index (χ0v) is 9.37. The standard InChI is InChI=1S/C11H14ClNO2/c1-10(9-13)11(5-2-3-6-12)15-8-4-7-14/h2-3,5-6,14H,4,7-8H2,1H3/b5-2-,6-3+,11-10-. The van der Waals surface area contributed by atoms with Crippen LogP contribution in [-0.4, -0.2) is 18.3 Å². The summed E-state index contributed by atoms with van der Waals surface area (Å²) in [4.78, 5) is 0. The number of aliphatic hydroxyl groups is 1. The maximum absolute atomic E-state index is 8.70. The molecular formula is C11H14ClNO2. The second kappa shape index (κ2) is 9.32. The van der Waals surface area contributed by atoms with Gasteiger partial charge in [-0.3, -0.25) is 0 Å². The van der Waals surface area contributed by atoms with E-state index in [2.05, 4.69) is 0 Å². The zero-order chi connectivity index (χ0) is 11.5. The second-order valence-electron chi connectivity index (χ2n) is 2.70. The van der Waals surface area contributed by atoms with E-state index in [0.29, 0.717) is 24.4 Å². The minimum atomic E-state index is 0.0736. The van der Waals surface area contributed by atoms with E-state index in [0.717, 1.165) is 0 Å². The Morgan fingerprint density at radius 1 is 1.53 bits per heavy atom. The predicted molar refractivity (Wildman–Crippen MR) is 60.1 cm³/mol. The van der Waals surface area contributed by atoms with E-state index < -0.39 is 0 Å². The van der Waals surface area contributed by atoms with Gasteiger partial charge in [0.1, 0.15) is 5.76 Å². The molecule has 0 amide bonds. The van der Waals surface area contributed by atoms with E-state index in [-0.39, 0.29) is 6.61 Å². The van der Waals surface area contributed by atoms with Gasteiger partial charge in [-0.2, -0.15) is 5.26 Å². The van der Waals surface area contributed by atoms with E-state index in [9.17, 15) is 0 Å². The Balaban J connectivity index is 4.41. The summed E-state index contributed by atoms with van der Waals surface area (Å²) < 4.78 is 5.32. The second-order valence-corrected chi connectivity index (χ2v) is 2.96. The lowest BCUT2D eigenvalue weighted by Crippen LogP contribution is -1.97. The number of rotatable bonds is 6. The van der Waals surface area contributed by atoms with Gasteiger partial charge >= 0.3 is 0 Å². The molecule has 0 atom stereocenters. The maximum Gasteiger partial charge on any atom is 0.132 e. The molecule has 3 nitrogen and oxygen atoms in total. The fourth-order valence-electron chi connectivity index (χ4n) is 0.768. The van der Waals surface area contributed by atoms with Crippen molar-refractivity contribution in [2.45, 2.75) is 13.3 Å². The van der Waals surface area contributed by atoms with Crippen molar-refractivity contribution in [2.24, 2.45) is 0 Å². The SMILES string of the molecule is C\C(C#N)=C(/C=C\C=C\Cl)OCCCO. The van der Waals surface area contributed by atoms with Crippen LogP contribution in [0.1, 0.15) is 13.3 Å². The van der Waals surface area contributed by atoms with Gasteiger partial charge in [0.2, 0.25) is 0 Å². The van der Waals surface area contributed by atoms with Crippen LogP contribution in [0.15, 0.2) is 35.1 Å². The summed E-state index contributed by atoms with van der Waals surface area (Å²) in [6.07, 6.45) is 5.51. The summed E-state index contributed by atoms with van der Waals surface area (Å²) in [5.74, 6) is 0.501. The Bertz CT molecular complexity index is 300. The quantitative estimate of drug-likeness (QED) is 0.328. The molecule has 0 aromatic carbocycles. The average Bonchev–Trinajstić information content (AvgIpc) is 2.26. The van der Waals surface area contributed by atoms with Crippen LogP contribution in [-0.2, 0) is 4.74 Å². The zero-order valence-electron chi connectivity index (χ0n) is 8.61. The van der Waals surface area contributed by atoms with Gasteiger partial charge in [-0.1, -0.05) is 23.8 Å². The van der Waals surface area contributed by atoms with Crippen LogP contribution in [0.2, 0.25) is 0 Å². The normalized spacial score (nSPS) is 12.9. The minimum Gasteiger partial charge on any atom is -0.492 e. The van der Waals surface area contributed by atoms with Crippen molar-refractivity contribution < 1.29 is 9.84 Å². The summed E-state index contributed by atoms with van der Waals surface area (Å²) in [6, 6.07) is 2.00. The average molecular weight is 228 g/mol. The molecule has 0 radical (unpaired) electrons. The van der Waals surface area contributed by atoms with E-state index in [1.807, 2.05) is 6.07 Å². The number of hydrogen-bond donors (Lipinski definition) is 1.